The van der Waals surface area contributed by atoms with Crippen molar-refractivity contribution in [2.75, 3.05) is 6.54 Å². The van der Waals surface area contributed by atoms with E-state index in [1.807, 2.05) is 6.92 Å². The number of hydrogen-bond acceptors (Lipinski definition) is 5. The monoisotopic (exact) mass is 401 g/mol. The van der Waals surface area contributed by atoms with Gasteiger partial charge < -0.3 is 0 Å². The minimum absolute atomic E-state index is 0.298. The highest BCUT2D eigenvalue weighted by Crippen LogP contribution is 2.38. The molecule has 0 bridgehead atoms. The SMILES string of the molecule is CC/C=C\c1c(C)ncnc1C1=CC(CC(CC#N)C2CCCC2)CCN=C1C#N. The van der Waals surface area contributed by atoms with E-state index in [9.17, 15) is 10.5 Å². The zero-order chi connectivity index (χ0) is 21.3. The van der Waals surface area contributed by atoms with Crippen molar-refractivity contribution in [3.63, 3.8) is 0 Å². The molecule has 1 saturated carbocycles. The zero-order valence-electron chi connectivity index (χ0n) is 18.1. The second-order valence-corrected chi connectivity index (χ2v) is 8.41. The first-order valence-electron chi connectivity index (χ1n) is 11.2. The molecule has 1 aromatic heterocycles. The molecule has 0 radical (unpaired) electrons. The van der Waals surface area contributed by atoms with Crippen molar-refractivity contribution < 1.29 is 0 Å². The van der Waals surface area contributed by atoms with E-state index in [0.717, 1.165) is 41.8 Å². The van der Waals surface area contributed by atoms with Gasteiger partial charge >= 0.3 is 0 Å². The van der Waals surface area contributed by atoms with Crippen LogP contribution in [0.3, 0.4) is 0 Å². The molecule has 2 heterocycles. The molecule has 156 valence electrons. The molecule has 0 spiro atoms. The van der Waals surface area contributed by atoms with Gasteiger partial charge in [0.25, 0.3) is 0 Å². The van der Waals surface area contributed by atoms with Crippen LogP contribution in [0.4, 0.5) is 0 Å². The van der Waals surface area contributed by atoms with Crippen LogP contribution in [-0.4, -0.2) is 22.2 Å². The summed E-state index contributed by atoms with van der Waals surface area (Å²) in [5, 5.41) is 19.2. The minimum atomic E-state index is 0.298. The van der Waals surface area contributed by atoms with Crippen LogP contribution in [0, 0.1) is 47.3 Å². The number of nitriles is 2. The summed E-state index contributed by atoms with van der Waals surface area (Å²) in [4.78, 5) is 13.5. The highest BCUT2D eigenvalue weighted by atomic mass is 14.9. The molecule has 0 saturated heterocycles. The van der Waals surface area contributed by atoms with Crippen molar-refractivity contribution in [1.29, 1.82) is 10.5 Å². The van der Waals surface area contributed by atoms with E-state index in [0.29, 0.717) is 36.4 Å². The number of rotatable bonds is 7. The molecule has 2 unspecified atom stereocenters. The van der Waals surface area contributed by atoms with Crippen LogP contribution >= 0.6 is 0 Å². The molecule has 0 N–H and O–H groups in total. The van der Waals surface area contributed by atoms with E-state index in [2.05, 4.69) is 52.3 Å². The van der Waals surface area contributed by atoms with Crippen LogP contribution in [0.25, 0.3) is 11.6 Å². The molecule has 30 heavy (non-hydrogen) atoms. The van der Waals surface area contributed by atoms with Crippen LogP contribution < -0.4 is 0 Å². The van der Waals surface area contributed by atoms with Gasteiger partial charge in [-0.15, -0.1) is 0 Å². The van der Waals surface area contributed by atoms with E-state index in [1.54, 1.807) is 6.33 Å². The molecule has 0 amide bonds. The molecule has 0 aromatic carbocycles. The Labute approximate surface area is 180 Å². The largest absolute Gasteiger partial charge is 0.274 e. The molecule has 1 aromatic rings. The third-order valence-corrected chi connectivity index (χ3v) is 6.42. The third kappa shape index (κ3) is 5.22. The average Bonchev–Trinajstić information content (AvgIpc) is 3.21. The Morgan fingerprint density at radius 1 is 1.20 bits per heavy atom. The van der Waals surface area contributed by atoms with Crippen molar-refractivity contribution in [3.05, 3.63) is 35.4 Å². The smallest absolute Gasteiger partial charge is 0.144 e. The predicted octanol–water partition coefficient (Wildman–Crippen LogP) is 5.69. The molecule has 1 aliphatic heterocycles. The Bertz CT molecular complexity index is 906. The second-order valence-electron chi connectivity index (χ2n) is 8.41. The number of aryl methyl sites for hydroxylation is 1. The summed E-state index contributed by atoms with van der Waals surface area (Å²) in [6.07, 6.45) is 16.4. The lowest BCUT2D eigenvalue weighted by atomic mass is 9.80. The van der Waals surface area contributed by atoms with Gasteiger partial charge in [0, 0.05) is 29.8 Å². The maximum atomic E-state index is 9.78. The molecule has 1 aliphatic carbocycles. The van der Waals surface area contributed by atoms with Gasteiger partial charge in [0.1, 0.15) is 18.1 Å². The normalized spacial score (nSPS) is 20.9. The van der Waals surface area contributed by atoms with Crippen LogP contribution in [0.2, 0.25) is 0 Å². The quantitative estimate of drug-likeness (QED) is 0.587. The van der Waals surface area contributed by atoms with Gasteiger partial charge in [-0.2, -0.15) is 10.5 Å². The van der Waals surface area contributed by atoms with Gasteiger partial charge in [-0.1, -0.05) is 50.8 Å². The van der Waals surface area contributed by atoms with E-state index in [4.69, 9.17) is 0 Å². The van der Waals surface area contributed by atoms with E-state index in [-0.39, 0.29) is 0 Å². The van der Waals surface area contributed by atoms with E-state index in [1.165, 1.54) is 25.7 Å². The van der Waals surface area contributed by atoms with Gasteiger partial charge in [0.05, 0.1) is 11.8 Å². The fraction of sp³-hybridized carbons (Fsp3) is 0.560. The fourth-order valence-electron chi connectivity index (χ4n) is 4.81. The number of nitrogens with zero attached hydrogens (tertiary/aromatic N) is 5. The lowest BCUT2D eigenvalue weighted by molar-refractivity contribution is 0.289. The molecule has 1 fully saturated rings. The van der Waals surface area contributed by atoms with Gasteiger partial charge in [-0.3, -0.25) is 4.99 Å². The number of allylic oxidation sites excluding steroid dienone is 3. The first kappa shape index (κ1) is 21.9. The molecular formula is C25H31N5. The standard InChI is InChI=1S/C25H31N5/c1-3-4-9-22-18(2)29-17-30-25(22)23-15-19(11-13-28-24(23)16-27)14-21(10-12-26)20-7-5-6-8-20/h4,9,15,17,19-21H,3,5-8,10-11,13-14H2,1-2H3/b9-4-. The lowest BCUT2D eigenvalue weighted by Gasteiger charge is -2.24. The van der Waals surface area contributed by atoms with Crippen LogP contribution in [0.15, 0.2) is 23.5 Å². The summed E-state index contributed by atoms with van der Waals surface area (Å²) in [5.74, 6) is 1.38. The molecule has 2 aliphatic rings. The highest BCUT2D eigenvalue weighted by Gasteiger charge is 2.28. The zero-order valence-corrected chi connectivity index (χ0v) is 18.1. The van der Waals surface area contributed by atoms with E-state index < -0.39 is 0 Å². The topological polar surface area (TPSA) is 85.7 Å². The number of hydrogen-bond donors (Lipinski definition) is 0. The van der Waals surface area contributed by atoms with Crippen molar-refractivity contribution in [3.8, 4) is 12.1 Å². The van der Waals surface area contributed by atoms with Crippen molar-refractivity contribution in [1.82, 2.24) is 9.97 Å². The van der Waals surface area contributed by atoms with Crippen LogP contribution in [0.5, 0.6) is 0 Å². The first-order valence-corrected chi connectivity index (χ1v) is 11.2. The predicted molar refractivity (Wildman–Crippen MR) is 120 cm³/mol. The molecule has 3 rings (SSSR count). The van der Waals surface area contributed by atoms with Gasteiger partial charge in [0.15, 0.2) is 0 Å². The summed E-state index contributed by atoms with van der Waals surface area (Å²) in [7, 11) is 0. The summed E-state index contributed by atoms with van der Waals surface area (Å²) < 4.78 is 0. The molecular weight excluding hydrogens is 370 g/mol. The number of aliphatic imine (C=N–C) groups is 1. The van der Waals surface area contributed by atoms with Gasteiger partial charge in [-0.05, 0) is 43.9 Å². The Balaban J connectivity index is 1.97. The molecule has 5 heteroatoms. The maximum absolute atomic E-state index is 9.78. The van der Waals surface area contributed by atoms with Crippen molar-refractivity contribution in [2.45, 2.75) is 65.2 Å². The first-order chi connectivity index (χ1) is 14.7. The second kappa shape index (κ2) is 10.8. The minimum Gasteiger partial charge on any atom is -0.274 e. The van der Waals surface area contributed by atoms with E-state index >= 15 is 0 Å². The fourth-order valence-corrected chi connectivity index (χ4v) is 4.81. The Hall–Kier alpha value is -2.79. The summed E-state index contributed by atoms with van der Waals surface area (Å²) in [5.41, 5.74) is 3.93. The maximum Gasteiger partial charge on any atom is 0.144 e. The third-order valence-electron chi connectivity index (χ3n) is 6.42. The Kier molecular flexibility index (Phi) is 7.91. The summed E-state index contributed by atoms with van der Waals surface area (Å²) >= 11 is 0. The Morgan fingerprint density at radius 3 is 2.70 bits per heavy atom. The van der Waals surface area contributed by atoms with Crippen LogP contribution in [0.1, 0.15) is 75.2 Å². The van der Waals surface area contributed by atoms with Crippen molar-refractivity contribution >= 4 is 17.4 Å². The highest BCUT2D eigenvalue weighted by molar-refractivity contribution is 6.31. The Morgan fingerprint density at radius 2 is 2.00 bits per heavy atom. The molecule has 2 atom stereocenters. The van der Waals surface area contributed by atoms with Gasteiger partial charge in [0.2, 0.25) is 0 Å². The molecule has 5 nitrogen and oxygen atoms in total. The van der Waals surface area contributed by atoms with Crippen molar-refractivity contribution in [2.24, 2.45) is 22.7 Å². The van der Waals surface area contributed by atoms with Crippen LogP contribution in [-0.2, 0) is 0 Å². The summed E-state index contributed by atoms with van der Waals surface area (Å²) in [6.45, 7) is 4.71. The average molecular weight is 402 g/mol. The summed E-state index contributed by atoms with van der Waals surface area (Å²) in [6, 6.07) is 4.72. The lowest BCUT2D eigenvalue weighted by Crippen LogP contribution is -2.16. The number of aromatic nitrogens is 2. The van der Waals surface area contributed by atoms with Gasteiger partial charge in [-0.25, -0.2) is 9.97 Å².